The topological polar surface area (TPSA) is 36.3 Å². The van der Waals surface area contributed by atoms with Crippen molar-refractivity contribution in [3.05, 3.63) is 29.3 Å². The molecule has 1 saturated carbocycles. The smallest absolute Gasteiger partial charge is 0.165 e. The molecule has 0 atom stereocenters. The van der Waals surface area contributed by atoms with Crippen molar-refractivity contribution in [2.45, 2.75) is 19.4 Å². The molecule has 0 amide bonds. The van der Waals surface area contributed by atoms with E-state index in [0.717, 1.165) is 25.0 Å². The van der Waals surface area contributed by atoms with Crippen molar-refractivity contribution in [2.75, 3.05) is 20.7 Å². The van der Waals surface area contributed by atoms with Crippen LogP contribution in [0.25, 0.3) is 0 Å². The molecule has 19 heavy (non-hydrogen) atoms. The minimum atomic E-state index is -0.575. The molecule has 0 aromatic heterocycles. The molecule has 5 heteroatoms. The maximum atomic E-state index is 13.8. The molecule has 1 aliphatic rings. The molecular weight excluding hydrogens is 250 g/mol. The van der Waals surface area contributed by atoms with E-state index >= 15 is 0 Å². The van der Waals surface area contributed by atoms with Crippen LogP contribution >= 0.6 is 0 Å². The third kappa shape index (κ3) is 3.02. The third-order valence-corrected chi connectivity index (χ3v) is 3.42. The molecule has 102 valence electrons. The molecule has 0 aliphatic heterocycles. The first-order valence-electron chi connectivity index (χ1n) is 6.11. The lowest BCUT2D eigenvalue weighted by molar-refractivity contribution is 0.281. The zero-order valence-electron chi connectivity index (χ0n) is 11.0. The average molecular weight is 266 g/mol. The minimum Gasteiger partial charge on any atom is -0.494 e. The van der Waals surface area contributed by atoms with E-state index in [1.807, 2.05) is 4.90 Å². The summed E-state index contributed by atoms with van der Waals surface area (Å²) < 4.78 is 32.0. The zero-order chi connectivity index (χ0) is 14.0. The summed E-state index contributed by atoms with van der Waals surface area (Å²) in [4.78, 5) is 1.85. The van der Waals surface area contributed by atoms with Crippen LogP contribution in [0.4, 0.5) is 8.78 Å². The molecule has 0 radical (unpaired) electrons. The number of halogens is 2. The molecule has 2 rings (SSSR count). The molecule has 3 nitrogen and oxygen atoms in total. The van der Waals surface area contributed by atoms with Crippen LogP contribution in [0.3, 0.4) is 0 Å². The molecule has 0 N–H and O–H groups in total. The van der Waals surface area contributed by atoms with Crippen LogP contribution in [0.1, 0.15) is 18.4 Å². The summed E-state index contributed by atoms with van der Waals surface area (Å²) in [5, 5.41) is 9.01. The molecule has 0 heterocycles. The largest absolute Gasteiger partial charge is 0.494 e. The van der Waals surface area contributed by atoms with E-state index < -0.39 is 11.6 Å². The summed E-state index contributed by atoms with van der Waals surface area (Å²) in [5.41, 5.74) is -0.00878. The lowest BCUT2D eigenvalue weighted by Gasteiger charge is -2.20. The maximum Gasteiger partial charge on any atom is 0.165 e. The van der Waals surface area contributed by atoms with Gasteiger partial charge in [-0.15, -0.1) is 0 Å². The normalized spacial score (nSPS) is 16.2. The van der Waals surface area contributed by atoms with Gasteiger partial charge in [0.05, 0.1) is 18.6 Å². The summed E-state index contributed by atoms with van der Waals surface area (Å²) >= 11 is 0. The first kappa shape index (κ1) is 13.8. The molecule has 0 spiro atoms. The van der Waals surface area contributed by atoms with E-state index in [-0.39, 0.29) is 23.3 Å². The van der Waals surface area contributed by atoms with Gasteiger partial charge in [-0.3, -0.25) is 0 Å². The Bertz CT molecular complexity index is 521. The van der Waals surface area contributed by atoms with Crippen LogP contribution in [0.2, 0.25) is 0 Å². The van der Waals surface area contributed by atoms with Gasteiger partial charge in [-0.1, -0.05) is 0 Å². The molecule has 1 fully saturated rings. The highest BCUT2D eigenvalue weighted by Crippen LogP contribution is 2.45. The van der Waals surface area contributed by atoms with Crippen molar-refractivity contribution in [2.24, 2.45) is 5.41 Å². The number of ether oxygens (including phenoxy) is 1. The second kappa shape index (κ2) is 5.14. The number of hydrogen-bond donors (Lipinski definition) is 0. The van der Waals surface area contributed by atoms with Crippen LogP contribution in [0.15, 0.2) is 12.1 Å². The highest BCUT2D eigenvalue weighted by molar-refractivity contribution is 5.30. The fourth-order valence-electron chi connectivity index (χ4n) is 2.17. The Morgan fingerprint density at radius 3 is 2.58 bits per heavy atom. The van der Waals surface area contributed by atoms with Crippen LogP contribution in [0.5, 0.6) is 5.75 Å². The first-order valence-corrected chi connectivity index (χ1v) is 6.11. The van der Waals surface area contributed by atoms with Gasteiger partial charge in [0, 0.05) is 24.7 Å². The Morgan fingerprint density at radius 2 is 2.05 bits per heavy atom. The number of rotatable bonds is 5. The van der Waals surface area contributed by atoms with Crippen molar-refractivity contribution in [1.29, 1.82) is 5.26 Å². The second-order valence-corrected chi connectivity index (χ2v) is 5.14. The fraction of sp³-hybridized carbons (Fsp3) is 0.500. The molecule has 1 aromatic rings. The standard InChI is InChI=1S/C14H16F2N2O/c1-18(9-14(8-17)3-4-14)7-10-5-12(16)13(19-2)6-11(10)15/h5-6H,3-4,7,9H2,1-2H3. The Balaban J connectivity index is 2.07. The number of nitrogens with zero attached hydrogens (tertiary/aromatic N) is 2. The van der Waals surface area contributed by atoms with Crippen molar-refractivity contribution in [1.82, 2.24) is 4.90 Å². The summed E-state index contributed by atoms with van der Waals surface area (Å²) in [7, 11) is 3.10. The SMILES string of the molecule is COc1cc(F)c(CN(C)CC2(C#N)CC2)cc1F. The number of hydrogen-bond acceptors (Lipinski definition) is 3. The van der Waals surface area contributed by atoms with Gasteiger partial charge in [-0.05, 0) is 26.0 Å². The molecule has 1 aromatic carbocycles. The van der Waals surface area contributed by atoms with Gasteiger partial charge in [-0.2, -0.15) is 5.26 Å². The van der Waals surface area contributed by atoms with Gasteiger partial charge in [0.1, 0.15) is 5.82 Å². The van der Waals surface area contributed by atoms with E-state index in [9.17, 15) is 8.78 Å². The van der Waals surface area contributed by atoms with Crippen molar-refractivity contribution in [3.8, 4) is 11.8 Å². The van der Waals surface area contributed by atoms with Gasteiger partial charge in [0.2, 0.25) is 0 Å². The highest BCUT2D eigenvalue weighted by Gasteiger charge is 2.43. The summed E-state index contributed by atoms with van der Waals surface area (Å²) in [6.07, 6.45) is 1.76. The molecule has 1 aliphatic carbocycles. The van der Waals surface area contributed by atoms with Crippen molar-refractivity contribution < 1.29 is 13.5 Å². The van der Waals surface area contributed by atoms with Gasteiger partial charge in [0.15, 0.2) is 11.6 Å². The summed E-state index contributed by atoms with van der Waals surface area (Å²) in [6, 6.07) is 4.48. The number of nitriles is 1. The molecular formula is C14H16F2N2O. The molecule has 0 unspecified atom stereocenters. The van der Waals surface area contributed by atoms with Gasteiger partial charge in [0.25, 0.3) is 0 Å². The quantitative estimate of drug-likeness (QED) is 0.822. The Kier molecular flexibility index (Phi) is 3.72. The fourth-order valence-corrected chi connectivity index (χ4v) is 2.17. The van der Waals surface area contributed by atoms with Crippen molar-refractivity contribution >= 4 is 0 Å². The predicted octanol–water partition coefficient (Wildman–Crippen LogP) is 2.71. The first-order chi connectivity index (χ1) is 8.99. The zero-order valence-corrected chi connectivity index (χ0v) is 11.0. The molecule has 0 saturated heterocycles. The molecule has 0 bridgehead atoms. The minimum absolute atomic E-state index is 0.0976. The monoisotopic (exact) mass is 266 g/mol. The third-order valence-electron chi connectivity index (χ3n) is 3.42. The predicted molar refractivity (Wildman–Crippen MR) is 66.5 cm³/mol. The maximum absolute atomic E-state index is 13.8. The summed E-state index contributed by atoms with van der Waals surface area (Å²) in [6.45, 7) is 0.854. The average Bonchev–Trinajstić information content (AvgIpc) is 3.13. The Hall–Kier alpha value is -1.67. The number of benzene rings is 1. The van der Waals surface area contributed by atoms with Crippen LogP contribution in [-0.4, -0.2) is 25.6 Å². The lowest BCUT2D eigenvalue weighted by atomic mass is 10.1. The van der Waals surface area contributed by atoms with Gasteiger partial charge >= 0.3 is 0 Å². The van der Waals surface area contributed by atoms with E-state index in [2.05, 4.69) is 6.07 Å². The van der Waals surface area contributed by atoms with E-state index in [0.29, 0.717) is 6.54 Å². The van der Waals surface area contributed by atoms with Gasteiger partial charge in [-0.25, -0.2) is 8.78 Å². The van der Waals surface area contributed by atoms with Crippen LogP contribution in [0, 0.1) is 28.4 Å². The lowest BCUT2D eigenvalue weighted by Crippen LogP contribution is -2.26. The Labute approximate surface area is 111 Å². The van der Waals surface area contributed by atoms with E-state index in [1.165, 1.54) is 7.11 Å². The van der Waals surface area contributed by atoms with Crippen LogP contribution < -0.4 is 4.74 Å². The van der Waals surface area contributed by atoms with Crippen LogP contribution in [-0.2, 0) is 6.54 Å². The van der Waals surface area contributed by atoms with Crippen molar-refractivity contribution in [3.63, 3.8) is 0 Å². The number of methoxy groups -OCH3 is 1. The van der Waals surface area contributed by atoms with Gasteiger partial charge < -0.3 is 9.64 Å². The summed E-state index contributed by atoms with van der Waals surface area (Å²) in [5.74, 6) is -1.17. The highest BCUT2D eigenvalue weighted by atomic mass is 19.1. The Morgan fingerprint density at radius 1 is 1.37 bits per heavy atom. The van der Waals surface area contributed by atoms with E-state index in [1.54, 1.807) is 7.05 Å². The van der Waals surface area contributed by atoms with E-state index in [4.69, 9.17) is 10.00 Å². The second-order valence-electron chi connectivity index (χ2n) is 5.14.